The normalized spacial score (nSPS) is 11.8. The zero-order valence-electron chi connectivity index (χ0n) is 19.7. The first-order valence-corrected chi connectivity index (χ1v) is 11.9. The van der Waals surface area contributed by atoms with Gasteiger partial charge >= 0.3 is 6.18 Å². The number of fused-ring (bicyclic) bond motifs is 1. The molecule has 0 saturated carbocycles. The van der Waals surface area contributed by atoms with Crippen molar-refractivity contribution in [3.63, 3.8) is 0 Å². The highest BCUT2D eigenvalue weighted by atomic mass is 35.5. The van der Waals surface area contributed by atoms with Crippen molar-refractivity contribution in [2.24, 2.45) is 5.10 Å². The Morgan fingerprint density at radius 3 is 2.42 bits per heavy atom. The summed E-state index contributed by atoms with van der Waals surface area (Å²) in [6.45, 7) is 0.297. The first-order valence-electron chi connectivity index (χ1n) is 11.5. The molecule has 5 nitrogen and oxygen atoms in total. The molecular formula is C29H19ClF3N3O2. The third-order valence-electron chi connectivity index (χ3n) is 5.76. The molecule has 0 N–H and O–H groups in total. The predicted octanol–water partition coefficient (Wildman–Crippen LogP) is 7.20. The van der Waals surface area contributed by atoms with Crippen LogP contribution in [0.1, 0.15) is 16.7 Å². The average Bonchev–Trinajstić information content (AvgIpc) is 2.92. The predicted molar refractivity (Wildman–Crippen MR) is 142 cm³/mol. The Hall–Kier alpha value is -4.43. The van der Waals surface area contributed by atoms with Gasteiger partial charge in [0.05, 0.1) is 22.7 Å². The first kappa shape index (κ1) is 25.2. The van der Waals surface area contributed by atoms with Crippen LogP contribution in [-0.4, -0.2) is 15.9 Å². The number of nitrogens with zero attached hydrogens (tertiary/aromatic N) is 3. The number of hydrogen-bond acceptors (Lipinski definition) is 4. The zero-order chi connectivity index (χ0) is 26.7. The lowest BCUT2D eigenvalue weighted by Crippen LogP contribution is -2.20. The van der Waals surface area contributed by atoms with E-state index >= 15 is 0 Å². The minimum atomic E-state index is -4.54. The molecule has 38 heavy (non-hydrogen) atoms. The number of rotatable bonds is 6. The summed E-state index contributed by atoms with van der Waals surface area (Å²) in [5, 5.41) is 5.21. The fourth-order valence-electron chi connectivity index (χ4n) is 3.80. The maximum Gasteiger partial charge on any atom is 0.416 e. The molecule has 0 amide bonds. The largest absolute Gasteiger partial charge is 0.489 e. The van der Waals surface area contributed by atoms with Gasteiger partial charge in [-0.05, 0) is 60.2 Å². The molecule has 190 valence electrons. The second-order valence-electron chi connectivity index (χ2n) is 8.34. The highest BCUT2D eigenvalue weighted by molar-refractivity contribution is 6.31. The number of aromatic nitrogens is 2. The lowest BCUT2D eigenvalue weighted by molar-refractivity contribution is -0.137. The van der Waals surface area contributed by atoms with Crippen LogP contribution in [0.25, 0.3) is 22.3 Å². The monoisotopic (exact) mass is 533 g/mol. The molecular weight excluding hydrogens is 515 g/mol. The van der Waals surface area contributed by atoms with Gasteiger partial charge in [-0.15, -0.1) is 0 Å². The van der Waals surface area contributed by atoms with Crippen molar-refractivity contribution >= 4 is 28.7 Å². The van der Waals surface area contributed by atoms with Gasteiger partial charge in [0.25, 0.3) is 5.56 Å². The van der Waals surface area contributed by atoms with Crippen LogP contribution in [0.5, 0.6) is 5.75 Å². The molecule has 0 aliphatic rings. The molecule has 0 saturated heterocycles. The molecule has 5 aromatic rings. The van der Waals surface area contributed by atoms with E-state index in [2.05, 4.69) is 10.1 Å². The standard InChI is InChI=1S/C29H19ClF3N3O2/c30-25-10-3-1-6-21(25)18-38-23-14-12-19(13-15-23)17-34-36-27(20-7-5-8-22(16-20)29(31,32)33)35-26-11-4-2-9-24(26)28(36)37/h1-17H,18H2. The quantitative estimate of drug-likeness (QED) is 0.217. The van der Waals surface area contributed by atoms with Gasteiger partial charge in [0, 0.05) is 16.1 Å². The molecule has 4 aromatic carbocycles. The summed E-state index contributed by atoms with van der Waals surface area (Å²) in [5.74, 6) is 0.604. The van der Waals surface area contributed by atoms with Gasteiger partial charge in [0.2, 0.25) is 0 Å². The SMILES string of the molecule is O=c1c2ccccc2nc(-c2cccc(C(F)(F)F)c2)n1N=Cc1ccc(OCc2ccccc2Cl)cc1. The smallest absolute Gasteiger partial charge is 0.416 e. The van der Waals surface area contributed by atoms with Crippen LogP contribution in [0, 0.1) is 0 Å². The van der Waals surface area contributed by atoms with E-state index in [4.69, 9.17) is 16.3 Å². The van der Waals surface area contributed by atoms with E-state index in [1.807, 2.05) is 18.2 Å². The molecule has 0 atom stereocenters. The molecule has 0 unspecified atom stereocenters. The molecule has 0 spiro atoms. The number of halogens is 4. The Morgan fingerprint density at radius 2 is 1.66 bits per heavy atom. The Labute approximate surface area is 220 Å². The van der Waals surface area contributed by atoms with Gasteiger partial charge in [0.15, 0.2) is 5.82 Å². The summed E-state index contributed by atoms with van der Waals surface area (Å²) in [4.78, 5) is 17.8. The van der Waals surface area contributed by atoms with Crippen molar-refractivity contribution in [3.8, 4) is 17.1 Å². The lowest BCUT2D eigenvalue weighted by Gasteiger charge is -2.12. The van der Waals surface area contributed by atoms with Gasteiger partial charge in [-0.3, -0.25) is 4.79 Å². The Kier molecular flexibility index (Phi) is 6.98. The molecule has 9 heteroatoms. The van der Waals surface area contributed by atoms with Crippen LogP contribution < -0.4 is 10.3 Å². The van der Waals surface area contributed by atoms with E-state index in [-0.39, 0.29) is 11.4 Å². The Morgan fingerprint density at radius 1 is 0.921 bits per heavy atom. The fraction of sp³-hybridized carbons (Fsp3) is 0.0690. The zero-order valence-corrected chi connectivity index (χ0v) is 20.4. The van der Waals surface area contributed by atoms with Crippen molar-refractivity contribution in [2.45, 2.75) is 12.8 Å². The molecule has 0 bridgehead atoms. The first-order chi connectivity index (χ1) is 18.3. The number of ether oxygens (including phenoxy) is 1. The molecule has 1 heterocycles. The highest BCUT2D eigenvalue weighted by Crippen LogP contribution is 2.32. The molecule has 1 aromatic heterocycles. The highest BCUT2D eigenvalue weighted by Gasteiger charge is 2.31. The van der Waals surface area contributed by atoms with Gasteiger partial charge in [0.1, 0.15) is 12.4 Å². The van der Waals surface area contributed by atoms with E-state index < -0.39 is 17.3 Å². The number of hydrogen-bond donors (Lipinski definition) is 0. The summed E-state index contributed by atoms with van der Waals surface area (Å²) >= 11 is 6.17. The molecule has 0 radical (unpaired) electrons. The lowest BCUT2D eigenvalue weighted by atomic mass is 10.1. The van der Waals surface area contributed by atoms with Crippen LogP contribution >= 0.6 is 11.6 Å². The van der Waals surface area contributed by atoms with E-state index in [9.17, 15) is 18.0 Å². The van der Waals surface area contributed by atoms with Crippen molar-refractivity contribution in [2.75, 3.05) is 0 Å². The van der Waals surface area contributed by atoms with Crippen LogP contribution in [-0.2, 0) is 12.8 Å². The van der Waals surface area contributed by atoms with E-state index in [1.165, 1.54) is 18.3 Å². The van der Waals surface area contributed by atoms with E-state index in [1.54, 1.807) is 54.6 Å². The molecule has 0 fully saturated rings. The van der Waals surface area contributed by atoms with Crippen molar-refractivity contribution in [1.82, 2.24) is 9.66 Å². The molecule has 0 aliphatic heterocycles. The number of para-hydroxylation sites is 1. The van der Waals surface area contributed by atoms with Gasteiger partial charge in [-0.2, -0.15) is 22.9 Å². The summed E-state index contributed by atoms with van der Waals surface area (Å²) in [6.07, 6.45) is -3.11. The fourth-order valence-corrected chi connectivity index (χ4v) is 3.99. The molecule has 0 aliphatic carbocycles. The Bertz CT molecular complexity index is 1700. The van der Waals surface area contributed by atoms with Crippen molar-refractivity contribution in [1.29, 1.82) is 0 Å². The van der Waals surface area contributed by atoms with E-state index in [0.717, 1.165) is 22.4 Å². The summed E-state index contributed by atoms with van der Waals surface area (Å²) in [7, 11) is 0. The van der Waals surface area contributed by atoms with Crippen LogP contribution in [0.15, 0.2) is 107 Å². The maximum absolute atomic E-state index is 13.4. The number of benzene rings is 4. The minimum absolute atomic E-state index is 0.00394. The minimum Gasteiger partial charge on any atom is -0.489 e. The number of alkyl halides is 3. The second kappa shape index (κ2) is 10.5. The van der Waals surface area contributed by atoms with Gasteiger partial charge in [-0.1, -0.05) is 54.1 Å². The van der Waals surface area contributed by atoms with Crippen LogP contribution in [0.4, 0.5) is 13.2 Å². The molecule has 5 rings (SSSR count). The second-order valence-corrected chi connectivity index (χ2v) is 8.75. The van der Waals surface area contributed by atoms with Crippen molar-refractivity contribution < 1.29 is 17.9 Å². The van der Waals surface area contributed by atoms with Crippen molar-refractivity contribution in [3.05, 3.63) is 129 Å². The average molecular weight is 534 g/mol. The van der Waals surface area contributed by atoms with E-state index in [0.29, 0.717) is 33.8 Å². The summed E-state index contributed by atoms with van der Waals surface area (Å²) in [5.41, 5.74) is 0.619. The van der Waals surface area contributed by atoms with Crippen LogP contribution in [0.3, 0.4) is 0 Å². The maximum atomic E-state index is 13.4. The Balaban J connectivity index is 1.47. The third-order valence-corrected chi connectivity index (χ3v) is 6.13. The topological polar surface area (TPSA) is 56.5 Å². The van der Waals surface area contributed by atoms with Gasteiger partial charge < -0.3 is 4.74 Å². The van der Waals surface area contributed by atoms with Gasteiger partial charge in [-0.25, -0.2) is 4.98 Å². The third kappa shape index (κ3) is 5.45. The summed E-state index contributed by atoms with van der Waals surface area (Å²) < 4.78 is 46.9. The summed E-state index contributed by atoms with van der Waals surface area (Å²) in [6, 6.07) is 25.6. The van der Waals surface area contributed by atoms with Crippen LogP contribution in [0.2, 0.25) is 5.02 Å².